The number of hydrogen-bond donors (Lipinski definition) is 0. The quantitative estimate of drug-likeness (QED) is 0.812. The van der Waals surface area contributed by atoms with Crippen molar-refractivity contribution in [1.82, 2.24) is 19.6 Å². The third-order valence-corrected chi connectivity index (χ3v) is 4.21. The van der Waals surface area contributed by atoms with E-state index < -0.39 is 0 Å². The normalized spacial score (nSPS) is 11.0. The molecule has 0 atom stereocenters. The molecular formula is C13H17BrN4O. The lowest BCUT2D eigenvalue weighted by atomic mass is 10.1. The number of Topliss-reactive ketones (excluding diaryl/α,β-unsaturated/α-hetero) is 1. The van der Waals surface area contributed by atoms with Gasteiger partial charge >= 0.3 is 0 Å². The zero-order valence-corrected chi connectivity index (χ0v) is 13.2. The summed E-state index contributed by atoms with van der Waals surface area (Å²) >= 11 is 3.50. The predicted molar refractivity (Wildman–Crippen MR) is 76.3 cm³/mol. The molecule has 6 heteroatoms. The number of nitrogens with zero attached hydrogens (tertiary/aromatic N) is 4. The van der Waals surface area contributed by atoms with Crippen LogP contribution in [-0.2, 0) is 20.0 Å². The molecular weight excluding hydrogens is 308 g/mol. The highest BCUT2D eigenvalue weighted by Gasteiger charge is 2.18. The first-order valence-electron chi connectivity index (χ1n) is 6.19. The Hall–Kier alpha value is -1.43. The van der Waals surface area contributed by atoms with E-state index in [-0.39, 0.29) is 5.78 Å². The second-order valence-corrected chi connectivity index (χ2v) is 5.35. The number of carbonyl (C=O) groups is 1. The molecule has 0 aliphatic heterocycles. The Labute approximate surface area is 120 Å². The molecule has 0 bridgehead atoms. The number of halogens is 1. The summed E-state index contributed by atoms with van der Waals surface area (Å²) in [6, 6.07) is 1.82. The maximum Gasteiger partial charge on any atom is 0.189 e. The average Bonchev–Trinajstić information content (AvgIpc) is 2.84. The highest BCUT2D eigenvalue weighted by Crippen LogP contribution is 2.22. The van der Waals surface area contributed by atoms with Gasteiger partial charge in [-0.25, -0.2) is 0 Å². The molecule has 19 heavy (non-hydrogen) atoms. The summed E-state index contributed by atoms with van der Waals surface area (Å²) in [7, 11) is 1.84. The number of ketones is 1. The summed E-state index contributed by atoms with van der Waals surface area (Å²) in [5.41, 5.74) is 3.30. The van der Waals surface area contributed by atoms with E-state index in [2.05, 4.69) is 26.1 Å². The van der Waals surface area contributed by atoms with E-state index in [0.29, 0.717) is 12.1 Å². The Kier molecular flexibility index (Phi) is 3.89. The minimum absolute atomic E-state index is 0.0130. The van der Waals surface area contributed by atoms with Crippen molar-refractivity contribution in [2.45, 2.75) is 33.7 Å². The van der Waals surface area contributed by atoms with Gasteiger partial charge in [-0.1, -0.05) is 0 Å². The van der Waals surface area contributed by atoms with E-state index >= 15 is 0 Å². The topological polar surface area (TPSA) is 52.7 Å². The highest BCUT2D eigenvalue weighted by molar-refractivity contribution is 9.10. The molecule has 2 heterocycles. The van der Waals surface area contributed by atoms with Crippen LogP contribution >= 0.6 is 15.9 Å². The molecule has 0 radical (unpaired) electrons. The zero-order chi connectivity index (χ0) is 14.2. The lowest BCUT2D eigenvalue weighted by Gasteiger charge is -2.03. The van der Waals surface area contributed by atoms with Gasteiger partial charge in [0.05, 0.1) is 22.3 Å². The molecule has 0 saturated heterocycles. The lowest BCUT2D eigenvalue weighted by Crippen LogP contribution is -2.11. The Morgan fingerprint density at radius 3 is 2.58 bits per heavy atom. The van der Waals surface area contributed by atoms with Crippen molar-refractivity contribution < 1.29 is 4.79 Å². The molecule has 0 saturated carbocycles. The van der Waals surface area contributed by atoms with E-state index in [9.17, 15) is 4.79 Å². The lowest BCUT2D eigenvalue weighted by molar-refractivity contribution is 0.0985. The van der Waals surface area contributed by atoms with Gasteiger partial charge in [0.25, 0.3) is 0 Å². The molecule has 2 aromatic rings. The molecule has 0 spiro atoms. The zero-order valence-electron chi connectivity index (χ0n) is 11.6. The highest BCUT2D eigenvalue weighted by atomic mass is 79.9. The second kappa shape index (κ2) is 5.28. The van der Waals surface area contributed by atoms with Crippen molar-refractivity contribution >= 4 is 21.7 Å². The van der Waals surface area contributed by atoms with Gasteiger partial charge in [-0.2, -0.15) is 10.2 Å². The summed E-state index contributed by atoms with van der Waals surface area (Å²) in [6.07, 6.45) is 0.311. The molecule has 2 rings (SSSR count). The smallest absolute Gasteiger partial charge is 0.189 e. The second-order valence-electron chi connectivity index (χ2n) is 4.56. The van der Waals surface area contributed by atoms with Crippen molar-refractivity contribution in [2.75, 3.05) is 0 Å². The minimum atomic E-state index is 0.0130. The van der Waals surface area contributed by atoms with Crippen LogP contribution in [-0.4, -0.2) is 25.3 Å². The van der Waals surface area contributed by atoms with Crippen LogP contribution in [0.4, 0.5) is 0 Å². The molecule has 0 aliphatic rings. The Balaban J connectivity index is 2.28. The molecule has 0 unspecified atom stereocenters. The van der Waals surface area contributed by atoms with Crippen molar-refractivity contribution in [1.29, 1.82) is 0 Å². The number of aromatic nitrogens is 4. The van der Waals surface area contributed by atoms with Gasteiger partial charge in [-0.05, 0) is 42.8 Å². The maximum absolute atomic E-state index is 12.3. The summed E-state index contributed by atoms with van der Waals surface area (Å²) in [4.78, 5) is 12.3. The van der Waals surface area contributed by atoms with E-state index in [1.165, 1.54) is 0 Å². The maximum atomic E-state index is 12.3. The molecule has 0 amide bonds. The van der Waals surface area contributed by atoms with E-state index in [1.54, 1.807) is 4.68 Å². The number of aryl methyl sites for hydroxylation is 4. The van der Waals surface area contributed by atoms with Crippen molar-refractivity contribution in [3.8, 4) is 0 Å². The molecule has 5 nitrogen and oxygen atoms in total. The number of hydrogen-bond acceptors (Lipinski definition) is 3. The Bertz CT molecular complexity index is 607. The Morgan fingerprint density at radius 2 is 2.05 bits per heavy atom. The average molecular weight is 325 g/mol. The van der Waals surface area contributed by atoms with Crippen LogP contribution in [0.5, 0.6) is 0 Å². The van der Waals surface area contributed by atoms with Crippen molar-refractivity contribution in [3.05, 3.63) is 33.3 Å². The van der Waals surface area contributed by atoms with Crippen LogP contribution < -0.4 is 0 Å². The van der Waals surface area contributed by atoms with Gasteiger partial charge in [0, 0.05) is 19.3 Å². The summed E-state index contributed by atoms with van der Waals surface area (Å²) in [5, 5.41) is 8.61. The van der Waals surface area contributed by atoms with Crippen LogP contribution in [0.25, 0.3) is 0 Å². The monoisotopic (exact) mass is 324 g/mol. The van der Waals surface area contributed by atoms with Gasteiger partial charge < -0.3 is 0 Å². The number of carbonyl (C=O) groups excluding carboxylic acids is 1. The van der Waals surface area contributed by atoms with Crippen LogP contribution in [0.1, 0.15) is 34.5 Å². The van der Waals surface area contributed by atoms with Gasteiger partial charge in [0.2, 0.25) is 0 Å². The summed E-state index contributed by atoms with van der Waals surface area (Å²) in [5.74, 6) is 0.0130. The molecule has 0 N–H and O–H groups in total. The fourth-order valence-corrected chi connectivity index (χ4v) is 2.40. The molecule has 0 fully saturated rings. The number of rotatable bonds is 4. The molecule has 2 aromatic heterocycles. The SMILES string of the molecule is CCn1nc(C)c(Br)c1CC(=O)c1cc(C)n(C)n1. The van der Waals surface area contributed by atoms with Crippen molar-refractivity contribution in [2.24, 2.45) is 7.05 Å². The first-order valence-corrected chi connectivity index (χ1v) is 6.99. The van der Waals surface area contributed by atoms with Crippen LogP contribution in [0.2, 0.25) is 0 Å². The van der Waals surface area contributed by atoms with Gasteiger partial charge in [-0.15, -0.1) is 0 Å². The first kappa shape index (κ1) is 14.0. The van der Waals surface area contributed by atoms with Crippen LogP contribution in [0.15, 0.2) is 10.5 Å². The van der Waals surface area contributed by atoms with Gasteiger partial charge in [0.15, 0.2) is 5.78 Å². The van der Waals surface area contributed by atoms with Crippen LogP contribution in [0, 0.1) is 13.8 Å². The molecule has 0 aromatic carbocycles. The summed E-state index contributed by atoms with van der Waals surface area (Å²) in [6.45, 7) is 6.61. The fourth-order valence-electron chi connectivity index (χ4n) is 1.98. The summed E-state index contributed by atoms with van der Waals surface area (Å²) < 4.78 is 4.48. The van der Waals surface area contributed by atoms with Crippen molar-refractivity contribution in [3.63, 3.8) is 0 Å². The minimum Gasteiger partial charge on any atom is -0.292 e. The largest absolute Gasteiger partial charge is 0.292 e. The van der Waals surface area contributed by atoms with E-state index in [1.807, 2.05) is 38.6 Å². The van der Waals surface area contributed by atoms with Gasteiger partial charge in [0.1, 0.15) is 5.69 Å². The van der Waals surface area contributed by atoms with Crippen LogP contribution in [0.3, 0.4) is 0 Å². The third-order valence-electron chi connectivity index (χ3n) is 3.18. The van der Waals surface area contributed by atoms with Gasteiger partial charge in [-0.3, -0.25) is 14.2 Å². The standard InChI is InChI=1S/C13H17BrN4O/c1-5-18-11(13(14)9(3)15-18)7-12(19)10-6-8(2)17(4)16-10/h6H,5,7H2,1-4H3. The predicted octanol–water partition coefficient (Wildman–Crippen LogP) is 2.44. The first-order chi connectivity index (χ1) is 8.93. The van der Waals surface area contributed by atoms with E-state index in [4.69, 9.17) is 0 Å². The fraction of sp³-hybridized carbons (Fsp3) is 0.462. The molecule has 0 aliphatic carbocycles. The Morgan fingerprint density at radius 1 is 1.37 bits per heavy atom. The molecule has 102 valence electrons. The van der Waals surface area contributed by atoms with E-state index in [0.717, 1.165) is 28.1 Å². The third kappa shape index (κ3) is 2.63.